The smallest absolute Gasteiger partial charge is 0.221 e. The molecule has 4 nitrogen and oxygen atoms in total. The number of anilines is 2. The van der Waals surface area contributed by atoms with Crippen molar-refractivity contribution in [3.8, 4) is 0 Å². The normalized spacial score (nSPS) is 11.4. The lowest BCUT2D eigenvalue weighted by Crippen LogP contribution is -2.26. The Kier molecular flexibility index (Phi) is 3.28. The highest BCUT2D eigenvalue weighted by Gasteiger charge is 2.21. The van der Waals surface area contributed by atoms with E-state index in [9.17, 15) is 0 Å². The van der Waals surface area contributed by atoms with Gasteiger partial charge in [-0.15, -0.1) is 11.3 Å². The number of hydrogen-bond donors (Lipinski definition) is 2. The summed E-state index contributed by atoms with van der Waals surface area (Å²) in [6, 6.07) is 6.05. The first kappa shape index (κ1) is 11.9. The van der Waals surface area contributed by atoms with E-state index >= 15 is 0 Å². The van der Waals surface area contributed by atoms with Crippen LogP contribution in [0.1, 0.15) is 18.7 Å². The second-order valence-corrected chi connectivity index (χ2v) is 5.46. The summed E-state index contributed by atoms with van der Waals surface area (Å²) in [4.78, 5) is 9.33. The fourth-order valence-corrected chi connectivity index (χ4v) is 2.39. The first-order valence-corrected chi connectivity index (χ1v) is 6.32. The molecule has 2 heterocycles. The van der Waals surface area contributed by atoms with E-state index < -0.39 is 0 Å². The van der Waals surface area contributed by atoms with E-state index in [4.69, 9.17) is 5.73 Å². The highest BCUT2D eigenvalue weighted by Crippen LogP contribution is 2.27. The van der Waals surface area contributed by atoms with Crippen molar-refractivity contribution < 1.29 is 0 Å². The zero-order valence-electron chi connectivity index (χ0n) is 9.97. The summed E-state index contributed by atoms with van der Waals surface area (Å²) in [5.74, 6) is 1.06. The lowest BCUT2D eigenvalue weighted by Gasteiger charge is -2.23. The van der Waals surface area contributed by atoms with Crippen molar-refractivity contribution in [1.29, 1.82) is 0 Å². The Labute approximate surface area is 105 Å². The molecule has 0 aliphatic carbocycles. The number of thiophene rings is 1. The third-order valence-electron chi connectivity index (χ3n) is 2.57. The summed E-state index contributed by atoms with van der Waals surface area (Å²) in [6.07, 6.45) is 1.66. The molecule has 0 aliphatic rings. The molecule has 0 spiro atoms. The van der Waals surface area contributed by atoms with Crippen LogP contribution in [0, 0.1) is 0 Å². The summed E-state index contributed by atoms with van der Waals surface area (Å²) >= 11 is 1.77. The molecule has 90 valence electrons. The Bertz CT molecular complexity index is 479. The fourth-order valence-electron chi connectivity index (χ4n) is 1.53. The number of nitrogens with zero attached hydrogens (tertiary/aromatic N) is 2. The minimum atomic E-state index is 0.0773. The van der Waals surface area contributed by atoms with Gasteiger partial charge in [0.25, 0.3) is 0 Å². The molecule has 0 bridgehead atoms. The molecular weight excluding hydrogens is 232 g/mol. The summed E-state index contributed by atoms with van der Waals surface area (Å²) in [5.41, 5.74) is 5.61. The van der Waals surface area contributed by atoms with Crippen LogP contribution in [0.4, 0.5) is 11.8 Å². The van der Waals surface area contributed by atoms with Gasteiger partial charge in [0, 0.05) is 23.0 Å². The summed E-state index contributed by atoms with van der Waals surface area (Å²) < 4.78 is 0. The monoisotopic (exact) mass is 248 g/mol. The van der Waals surface area contributed by atoms with Gasteiger partial charge in [-0.2, -0.15) is 4.98 Å². The van der Waals surface area contributed by atoms with Crippen molar-refractivity contribution in [1.82, 2.24) is 9.97 Å². The second kappa shape index (κ2) is 4.71. The maximum atomic E-state index is 5.53. The predicted molar refractivity (Wildman–Crippen MR) is 72.3 cm³/mol. The van der Waals surface area contributed by atoms with E-state index in [-0.39, 0.29) is 5.41 Å². The average Bonchev–Trinajstić information content (AvgIpc) is 2.81. The third-order valence-corrected chi connectivity index (χ3v) is 3.81. The fraction of sp³-hybridized carbons (Fsp3) is 0.333. The van der Waals surface area contributed by atoms with Gasteiger partial charge < -0.3 is 11.1 Å². The van der Waals surface area contributed by atoms with Gasteiger partial charge in [0.05, 0.1) is 0 Å². The maximum Gasteiger partial charge on any atom is 0.221 e. The van der Waals surface area contributed by atoms with Crippen LogP contribution in [0.5, 0.6) is 0 Å². The number of rotatable bonds is 4. The van der Waals surface area contributed by atoms with Crippen LogP contribution in [0.25, 0.3) is 0 Å². The van der Waals surface area contributed by atoms with E-state index in [1.54, 1.807) is 17.5 Å². The van der Waals surface area contributed by atoms with Gasteiger partial charge in [0.2, 0.25) is 5.95 Å². The van der Waals surface area contributed by atoms with Gasteiger partial charge >= 0.3 is 0 Å². The molecule has 0 radical (unpaired) electrons. The van der Waals surface area contributed by atoms with Crippen molar-refractivity contribution in [3.63, 3.8) is 0 Å². The Morgan fingerprint density at radius 2 is 2.24 bits per heavy atom. The third kappa shape index (κ3) is 2.94. The molecule has 0 fully saturated rings. The highest BCUT2D eigenvalue weighted by atomic mass is 32.1. The minimum absolute atomic E-state index is 0.0773. The van der Waals surface area contributed by atoms with Gasteiger partial charge in [-0.05, 0) is 17.5 Å². The first-order valence-electron chi connectivity index (χ1n) is 5.44. The molecule has 2 aromatic heterocycles. The second-order valence-electron chi connectivity index (χ2n) is 4.51. The molecule has 17 heavy (non-hydrogen) atoms. The number of nitrogens with two attached hydrogens (primary N) is 1. The van der Waals surface area contributed by atoms with Crippen LogP contribution in [0.2, 0.25) is 0 Å². The number of nitrogens with one attached hydrogen (secondary N) is 1. The quantitative estimate of drug-likeness (QED) is 0.872. The predicted octanol–water partition coefficient (Wildman–Crippen LogP) is 2.51. The number of hydrogen-bond acceptors (Lipinski definition) is 5. The summed E-state index contributed by atoms with van der Waals surface area (Å²) in [7, 11) is 0. The van der Waals surface area contributed by atoms with Gasteiger partial charge in [-0.25, -0.2) is 4.98 Å². The van der Waals surface area contributed by atoms with Gasteiger partial charge in [-0.1, -0.05) is 19.9 Å². The van der Waals surface area contributed by atoms with Crippen LogP contribution >= 0.6 is 11.3 Å². The molecule has 0 aromatic carbocycles. The molecule has 0 unspecified atom stereocenters. The first-order chi connectivity index (χ1) is 8.08. The molecule has 2 aromatic rings. The van der Waals surface area contributed by atoms with E-state index in [1.807, 2.05) is 6.07 Å². The van der Waals surface area contributed by atoms with Gasteiger partial charge in [-0.3, -0.25) is 0 Å². The molecule has 0 atom stereocenters. The minimum Gasteiger partial charge on any atom is -0.369 e. The number of nitrogen functional groups attached to an aromatic ring is 1. The van der Waals surface area contributed by atoms with Crippen molar-refractivity contribution in [2.45, 2.75) is 19.3 Å². The van der Waals surface area contributed by atoms with E-state index in [0.29, 0.717) is 5.95 Å². The van der Waals surface area contributed by atoms with Crippen LogP contribution in [-0.4, -0.2) is 16.5 Å². The van der Waals surface area contributed by atoms with E-state index in [2.05, 4.69) is 46.6 Å². The Balaban J connectivity index is 2.03. The standard InChI is InChI=1S/C12H16N4S/c1-12(2,9-4-3-7-17-9)8-15-10-5-6-14-11(13)16-10/h3-7H,8H2,1-2H3,(H3,13,14,15,16). The molecule has 3 N–H and O–H groups in total. The van der Waals surface area contributed by atoms with E-state index in [0.717, 1.165) is 12.4 Å². The largest absolute Gasteiger partial charge is 0.369 e. The lowest BCUT2D eigenvalue weighted by atomic mass is 9.91. The van der Waals surface area contributed by atoms with Crippen LogP contribution < -0.4 is 11.1 Å². The zero-order chi connectivity index (χ0) is 12.3. The molecule has 0 aliphatic heterocycles. The summed E-state index contributed by atoms with van der Waals surface area (Å²) in [5, 5.41) is 5.39. The van der Waals surface area contributed by atoms with Crippen molar-refractivity contribution in [2.24, 2.45) is 0 Å². The molecule has 0 saturated heterocycles. The van der Waals surface area contributed by atoms with Crippen LogP contribution in [0.15, 0.2) is 29.8 Å². The average molecular weight is 248 g/mol. The topological polar surface area (TPSA) is 63.8 Å². The molecular formula is C12H16N4S. The summed E-state index contributed by atoms with van der Waals surface area (Å²) in [6.45, 7) is 5.22. The number of aromatic nitrogens is 2. The lowest BCUT2D eigenvalue weighted by molar-refractivity contribution is 0.568. The highest BCUT2D eigenvalue weighted by molar-refractivity contribution is 7.10. The Hall–Kier alpha value is -1.62. The van der Waals surface area contributed by atoms with Gasteiger partial charge in [0.1, 0.15) is 5.82 Å². The van der Waals surface area contributed by atoms with Crippen molar-refractivity contribution in [2.75, 3.05) is 17.6 Å². The Morgan fingerprint density at radius 1 is 1.41 bits per heavy atom. The molecule has 5 heteroatoms. The van der Waals surface area contributed by atoms with Crippen LogP contribution in [-0.2, 0) is 5.41 Å². The molecule has 2 rings (SSSR count). The van der Waals surface area contributed by atoms with Crippen molar-refractivity contribution in [3.05, 3.63) is 34.7 Å². The zero-order valence-corrected chi connectivity index (χ0v) is 10.8. The van der Waals surface area contributed by atoms with Crippen LogP contribution in [0.3, 0.4) is 0 Å². The molecule has 0 amide bonds. The SMILES string of the molecule is CC(C)(CNc1ccnc(N)n1)c1cccs1. The van der Waals surface area contributed by atoms with E-state index in [1.165, 1.54) is 4.88 Å². The van der Waals surface area contributed by atoms with Crippen molar-refractivity contribution >= 4 is 23.1 Å². The Morgan fingerprint density at radius 3 is 2.88 bits per heavy atom. The molecule has 0 saturated carbocycles. The maximum absolute atomic E-state index is 5.53. The van der Waals surface area contributed by atoms with Gasteiger partial charge in [0.15, 0.2) is 0 Å².